The molecule has 0 bridgehead atoms. The van der Waals surface area contributed by atoms with E-state index in [4.69, 9.17) is 33.7 Å². The van der Waals surface area contributed by atoms with Crippen LogP contribution in [-0.2, 0) is 0 Å². The van der Waals surface area contributed by atoms with Crippen LogP contribution in [0.15, 0.2) is 36.4 Å². The molecule has 2 N–H and O–H groups in total. The Hall–Kier alpha value is -1.29. The lowest BCUT2D eigenvalue weighted by Crippen LogP contribution is -2.04. The van der Waals surface area contributed by atoms with Crippen molar-refractivity contribution in [3.8, 4) is 11.5 Å². The predicted molar refractivity (Wildman–Crippen MR) is 75.5 cm³/mol. The highest BCUT2D eigenvalue weighted by Crippen LogP contribution is 2.32. The van der Waals surface area contributed by atoms with Crippen LogP contribution in [0.4, 0.5) is 4.39 Å². The Kier molecular flexibility index (Phi) is 4.30. The van der Waals surface area contributed by atoms with E-state index in [1.807, 2.05) is 13.0 Å². The molecule has 1 atom stereocenters. The molecule has 0 aliphatic heterocycles. The quantitative estimate of drug-likeness (QED) is 0.871. The highest BCUT2D eigenvalue weighted by molar-refractivity contribution is 6.32. The number of halogens is 3. The van der Waals surface area contributed by atoms with Crippen molar-refractivity contribution in [3.05, 3.63) is 57.8 Å². The van der Waals surface area contributed by atoms with E-state index in [1.165, 1.54) is 12.1 Å². The standard InChI is InChI=1S/C14H12Cl2FNO/c1-8(18)9-2-5-14(12(16)6-9)19-10-3-4-11(15)13(17)7-10/h2-8H,18H2,1H3/t8-/m0/s1. The maximum atomic E-state index is 13.3. The summed E-state index contributed by atoms with van der Waals surface area (Å²) in [5.74, 6) is 0.229. The molecule has 2 aromatic carbocycles. The topological polar surface area (TPSA) is 35.2 Å². The van der Waals surface area contributed by atoms with Crippen molar-refractivity contribution in [2.24, 2.45) is 5.73 Å². The first-order valence-corrected chi connectivity index (χ1v) is 6.41. The van der Waals surface area contributed by atoms with Gasteiger partial charge in [-0.3, -0.25) is 0 Å². The lowest BCUT2D eigenvalue weighted by atomic mass is 10.1. The number of ether oxygens (including phenoxy) is 1. The van der Waals surface area contributed by atoms with Crippen LogP contribution in [0.1, 0.15) is 18.5 Å². The zero-order chi connectivity index (χ0) is 14.0. The van der Waals surface area contributed by atoms with E-state index in [0.717, 1.165) is 5.56 Å². The van der Waals surface area contributed by atoms with Gasteiger partial charge >= 0.3 is 0 Å². The number of rotatable bonds is 3. The zero-order valence-electron chi connectivity index (χ0n) is 10.2. The summed E-state index contributed by atoms with van der Waals surface area (Å²) in [4.78, 5) is 0. The van der Waals surface area contributed by atoms with E-state index in [1.54, 1.807) is 18.2 Å². The molecule has 0 heterocycles. The molecule has 0 fully saturated rings. The molecule has 0 amide bonds. The van der Waals surface area contributed by atoms with Crippen LogP contribution in [0.3, 0.4) is 0 Å². The minimum absolute atomic E-state index is 0.0470. The molecule has 0 saturated heterocycles. The number of nitrogens with two attached hydrogens (primary N) is 1. The summed E-state index contributed by atoms with van der Waals surface area (Å²) in [5.41, 5.74) is 6.66. The van der Waals surface area contributed by atoms with Crippen molar-refractivity contribution in [1.29, 1.82) is 0 Å². The third kappa shape index (κ3) is 3.38. The first-order valence-electron chi connectivity index (χ1n) is 5.65. The summed E-state index contributed by atoms with van der Waals surface area (Å²) >= 11 is 11.7. The van der Waals surface area contributed by atoms with Gasteiger partial charge in [0.05, 0.1) is 10.0 Å². The number of hydrogen-bond acceptors (Lipinski definition) is 2. The molecule has 2 aromatic rings. The van der Waals surface area contributed by atoms with Gasteiger partial charge in [-0.05, 0) is 36.8 Å². The van der Waals surface area contributed by atoms with Crippen molar-refractivity contribution < 1.29 is 9.13 Å². The monoisotopic (exact) mass is 299 g/mol. The maximum absolute atomic E-state index is 13.3. The molecular weight excluding hydrogens is 288 g/mol. The molecule has 0 saturated carbocycles. The van der Waals surface area contributed by atoms with Crippen LogP contribution >= 0.6 is 23.2 Å². The van der Waals surface area contributed by atoms with Gasteiger partial charge < -0.3 is 10.5 Å². The molecule has 2 nitrogen and oxygen atoms in total. The minimum atomic E-state index is -0.539. The Labute approximate surface area is 120 Å². The average molecular weight is 300 g/mol. The van der Waals surface area contributed by atoms with Crippen molar-refractivity contribution >= 4 is 23.2 Å². The van der Waals surface area contributed by atoms with Gasteiger partial charge in [0, 0.05) is 12.1 Å². The van der Waals surface area contributed by atoms with Gasteiger partial charge in [0.2, 0.25) is 0 Å². The van der Waals surface area contributed by atoms with E-state index < -0.39 is 5.82 Å². The third-order valence-corrected chi connectivity index (χ3v) is 3.20. The molecule has 2 rings (SSSR count). The minimum Gasteiger partial charge on any atom is -0.456 e. The smallest absolute Gasteiger partial charge is 0.146 e. The molecule has 0 aliphatic rings. The van der Waals surface area contributed by atoms with Gasteiger partial charge in [-0.25, -0.2) is 4.39 Å². The molecule has 0 aromatic heterocycles. The maximum Gasteiger partial charge on any atom is 0.146 e. The summed E-state index contributed by atoms with van der Waals surface area (Å²) in [6.07, 6.45) is 0. The van der Waals surface area contributed by atoms with E-state index in [9.17, 15) is 4.39 Å². The molecule has 100 valence electrons. The number of hydrogen-bond donors (Lipinski definition) is 1. The van der Waals surface area contributed by atoms with Crippen molar-refractivity contribution in [3.63, 3.8) is 0 Å². The lowest BCUT2D eigenvalue weighted by molar-refractivity contribution is 0.476. The van der Waals surface area contributed by atoms with Crippen LogP contribution in [0, 0.1) is 5.82 Å². The Bertz CT molecular complexity index is 602. The SMILES string of the molecule is C[C@H](N)c1ccc(Oc2ccc(Cl)c(F)c2)c(Cl)c1. The van der Waals surface area contributed by atoms with Gasteiger partial charge in [0.1, 0.15) is 17.3 Å². The van der Waals surface area contributed by atoms with Crippen LogP contribution < -0.4 is 10.5 Å². The fourth-order valence-corrected chi connectivity index (χ4v) is 1.90. The second-order valence-corrected chi connectivity index (χ2v) is 4.97. The van der Waals surface area contributed by atoms with Crippen molar-refractivity contribution in [1.82, 2.24) is 0 Å². The third-order valence-electron chi connectivity index (χ3n) is 2.60. The van der Waals surface area contributed by atoms with Crippen LogP contribution in [-0.4, -0.2) is 0 Å². The van der Waals surface area contributed by atoms with Gasteiger partial charge in [0.15, 0.2) is 0 Å². The normalized spacial score (nSPS) is 12.3. The lowest BCUT2D eigenvalue weighted by Gasteiger charge is -2.11. The fraction of sp³-hybridized carbons (Fsp3) is 0.143. The van der Waals surface area contributed by atoms with E-state index in [0.29, 0.717) is 16.5 Å². The Morgan fingerprint density at radius 3 is 2.42 bits per heavy atom. The summed E-state index contributed by atoms with van der Waals surface area (Å²) in [6, 6.07) is 9.34. The number of benzene rings is 2. The van der Waals surface area contributed by atoms with E-state index in [-0.39, 0.29) is 11.1 Å². The second-order valence-electron chi connectivity index (χ2n) is 4.16. The van der Waals surface area contributed by atoms with E-state index in [2.05, 4.69) is 0 Å². The fourth-order valence-electron chi connectivity index (χ4n) is 1.55. The molecule has 0 aliphatic carbocycles. The molecule has 0 spiro atoms. The highest BCUT2D eigenvalue weighted by atomic mass is 35.5. The van der Waals surface area contributed by atoms with Gasteiger partial charge in [-0.2, -0.15) is 0 Å². The zero-order valence-corrected chi connectivity index (χ0v) is 11.7. The van der Waals surface area contributed by atoms with Crippen LogP contribution in [0.2, 0.25) is 10.0 Å². The van der Waals surface area contributed by atoms with E-state index >= 15 is 0 Å². The Morgan fingerprint density at radius 2 is 1.84 bits per heavy atom. The van der Waals surface area contributed by atoms with Crippen LogP contribution in [0.25, 0.3) is 0 Å². The van der Waals surface area contributed by atoms with Gasteiger partial charge in [0.25, 0.3) is 0 Å². The Morgan fingerprint density at radius 1 is 1.11 bits per heavy atom. The second kappa shape index (κ2) is 5.78. The summed E-state index contributed by atoms with van der Waals surface area (Å²) in [6.45, 7) is 1.86. The largest absolute Gasteiger partial charge is 0.456 e. The molecule has 0 unspecified atom stereocenters. The molecule has 19 heavy (non-hydrogen) atoms. The van der Waals surface area contributed by atoms with Gasteiger partial charge in [-0.15, -0.1) is 0 Å². The van der Waals surface area contributed by atoms with Crippen molar-refractivity contribution in [2.45, 2.75) is 13.0 Å². The van der Waals surface area contributed by atoms with Gasteiger partial charge in [-0.1, -0.05) is 29.3 Å². The summed E-state index contributed by atoms with van der Waals surface area (Å²) in [5, 5.41) is 0.468. The molecular formula is C14H12Cl2FNO. The summed E-state index contributed by atoms with van der Waals surface area (Å²) in [7, 11) is 0. The average Bonchev–Trinajstić information content (AvgIpc) is 2.36. The Balaban J connectivity index is 2.25. The molecule has 0 radical (unpaired) electrons. The van der Waals surface area contributed by atoms with Crippen LogP contribution in [0.5, 0.6) is 11.5 Å². The first kappa shape index (κ1) is 14.1. The summed E-state index contributed by atoms with van der Waals surface area (Å²) < 4.78 is 18.8. The first-order chi connectivity index (χ1) is 8.97. The van der Waals surface area contributed by atoms with Crippen molar-refractivity contribution in [2.75, 3.05) is 0 Å². The predicted octanol–water partition coefficient (Wildman–Crippen LogP) is 4.94. The molecule has 5 heteroatoms. The highest BCUT2D eigenvalue weighted by Gasteiger charge is 2.08.